The molecule has 2 rings (SSSR count). The van der Waals surface area contributed by atoms with E-state index in [1.165, 1.54) is 19.4 Å². The van der Waals surface area contributed by atoms with Crippen molar-refractivity contribution in [3.8, 4) is 0 Å². The van der Waals surface area contributed by atoms with E-state index in [2.05, 4.69) is 11.9 Å². The first-order valence-electron chi connectivity index (χ1n) is 3.82. The first kappa shape index (κ1) is 6.58. The quantitative estimate of drug-likeness (QED) is 0.550. The van der Waals surface area contributed by atoms with E-state index in [4.69, 9.17) is 10.7 Å². The van der Waals surface area contributed by atoms with Gasteiger partial charge in [0.15, 0.2) is 0 Å². The summed E-state index contributed by atoms with van der Waals surface area (Å²) in [6.07, 6.45) is 2.63. The lowest BCUT2D eigenvalue weighted by Gasteiger charge is -2.21. The van der Waals surface area contributed by atoms with Crippen LogP contribution in [0.15, 0.2) is 0 Å². The summed E-state index contributed by atoms with van der Waals surface area (Å²) in [7, 11) is 2.16. The van der Waals surface area contributed by atoms with E-state index in [0.29, 0.717) is 12.1 Å². The molecule has 0 aromatic carbocycles. The second kappa shape index (κ2) is 1.94. The van der Waals surface area contributed by atoms with E-state index in [1.54, 1.807) is 0 Å². The van der Waals surface area contributed by atoms with Gasteiger partial charge in [-0.05, 0) is 32.4 Å². The minimum absolute atomic E-state index is 0.356. The van der Waals surface area contributed by atoms with Crippen molar-refractivity contribution in [1.29, 1.82) is 0 Å². The lowest BCUT2D eigenvalue weighted by Crippen LogP contribution is -2.36. The van der Waals surface area contributed by atoms with Crippen LogP contribution in [0.4, 0.5) is 0 Å². The Balaban J connectivity index is 2.03. The van der Waals surface area contributed by atoms with E-state index < -0.39 is 0 Å². The van der Waals surface area contributed by atoms with E-state index in [1.807, 2.05) is 0 Å². The molecule has 58 valence electrons. The van der Waals surface area contributed by atoms with Crippen LogP contribution in [-0.4, -0.2) is 30.6 Å². The molecule has 1 saturated heterocycles. The van der Waals surface area contributed by atoms with Crippen LogP contribution in [0.3, 0.4) is 0 Å². The third kappa shape index (κ3) is 0.654. The number of hydrogen-bond acceptors (Lipinski definition) is 3. The largest absolute Gasteiger partial charge is 0.303 e. The predicted molar refractivity (Wildman–Crippen MR) is 38.2 cm³/mol. The minimum atomic E-state index is 0.356. The van der Waals surface area contributed by atoms with Crippen molar-refractivity contribution in [2.45, 2.75) is 18.4 Å². The molecule has 1 saturated carbocycles. The highest BCUT2D eigenvalue weighted by molar-refractivity contribution is 5.15. The Morgan fingerprint density at radius 3 is 3.00 bits per heavy atom. The summed E-state index contributed by atoms with van der Waals surface area (Å²) in [5, 5.41) is 0. The maximum atomic E-state index is 5.06. The molecule has 0 spiro atoms. The summed E-state index contributed by atoms with van der Waals surface area (Å²) in [5.74, 6) is 5.93. The molecule has 0 amide bonds. The Labute approximate surface area is 61.1 Å². The summed E-state index contributed by atoms with van der Waals surface area (Å²) in [6, 6.07) is 0. The average Bonchev–Trinajstić information content (AvgIpc) is 2.53. The number of likely N-dealkylation sites (N-methyl/N-ethyl adjacent to an activating group) is 1. The normalized spacial score (nSPS) is 45.6. The molecule has 2 aliphatic rings. The predicted octanol–water partition coefficient (Wildman–Crippen LogP) is -0.0291. The Morgan fingerprint density at radius 1 is 1.80 bits per heavy atom. The van der Waals surface area contributed by atoms with Gasteiger partial charge in [0.1, 0.15) is 0 Å². The van der Waals surface area contributed by atoms with Gasteiger partial charge in [-0.15, -0.1) is 0 Å². The third-order valence-electron chi connectivity index (χ3n) is 3.11. The zero-order chi connectivity index (χ0) is 7.19. The molecule has 3 heteroatoms. The molecule has 0 aromatic rings. The molecule has 1 heterocycles. The molecule has 2 unspecified atom stereocenters. The molecule has 10 heavy (non-hydrogen) atoms. The fourth-order valence-corrected chi connectivity index (χ4v) is 2.21. The van der Waals surface area contributed by atoms with Gasteiger partial charge < -0.3 is 4.84 Å². The van der Waals surface area contributed by atoms with Crippen molar-refractivity contribution in [3.05, 3.63) is 0 Å². The van der Waals surface area contributed by atoms with E-state index >= 15 is 0 Å². The van der Waals surface area contributed by atoms with Crippen LogP contribution in [0.5, 0.6) is 0 Å². The van der Waals surface area contributed by atoms with Gasteiger partial charge in [-0.1, -0.05) is 0 Å². The standard InChI is InChI=1S/C7H14N2O/c1-9-3-2-6-4-7(6,9)5-10-8/h6H,2-5,8H2,1H3. The zero-order valence-electron chi connectivity index (χ0n) is 6.34. The molecular formula is C7H14N2O. The van der Waals surface area contributed by atoms with Gasteiger partial charge in [0, 0.05) is 5.54 Å². The molecule has 3 nitrogen and oxygen atoms in total. The summed E-state index contributed by atoms with van der Waals surface area (Å²) in [6.45, 7) is 1.93. The third-order valence-corrected chi connectivity index (χ3v) is 3.11. The SMILES string of the molecule is CN1CCC2CC21CON. The van der Waals surface area contributed by atoms with E-state index in [0.717, 1.165) is 5.92 Å². The topological polar surface area (TPSA) is 38.5 Å². The summed E-state index contributed by atoms with van der Waals surface area (Å²) in [5.41, 5.74) is 0.356. The number of rotatable bonds is 2. The average molecular weight is 142 g/mol. The van der Waals surface area contributed by atoms with Crippen molar-refractivity contribution >= 4 is 0 Å². The first-order valence-corrected chi connectivity index (χ1v) is 3.82. The maximum absolute atomic E-state index is 5.06. The van der Waals surface area contributed by atoms with Crippen LogP contribution in [0.2, 0.25) is 0 Å². The Hall–Kier alpha value is -0.120. The molecule has 1 aliphatic heterocycles. The van der Waals surface area contributed by atoms with E-state index in [9.17, 15) is 0 Å². The van der Waals surface area contributed by atoms with Gasteiger partial charge in [-0.3, -0.25) is 4.90 Å². The van der Waals surface area contributed by atoms with Gasteiger partial charge in [0.2, 0.25) is 0 Å². The van der Waals surface area contributed by atoms with Gasteiger partial charge in [-0.25, -0.2) is 5.90 Å². The molecule has 1 aliphatic carbocycles. The van der Waals surface area contributed by atoms with Crippen LogP contribution < -0.4 is 5.90 Å². The van der Waals surface area contributed by atoms with Gasteiger partial charge in [0.05, 0.1) is 6.61 Å². The second-order valence-corrected chi connectivity index (χ2v) is 3.53. The lowest BCUT2D eigenvalue weighted by atomic mass is 10.2. The molecule has 2 atom stereocenters. The maximum Gasteiger partial charge on any atom is 0.0865 e. The molecular weight excluding hydrogens is 128 g/mol. The lowest BCUT2D eigenvalue weighted by molar-refractivity contribution is 0.0676. The highest BCUT2D eigenvalue weighted by Crippen LogP contribution is 2.54. The van der Waals surface area contributed by atoms with Crippen molar-refractivity contribution in [1.82, 2.24) is 4.90 Å². The number of nitrogens with zero attached hydrogens (tertiary/aromatic N) is 1. The molecule has 0 radical (unpaired) electrons. The Kier molecular flexibility index (Phi) is 1.27. The Bertz CT molecular complexity index is 151. The van der Waals surface area contributed by atoms with E-state index in [-0.39, 0.29) is 0 Å². The fraction of sp³-hybridized carbons (Fsp3) is 1.00. The number of hydrogen-bond donors (Lipinski definition) is 1. The van der Waals surface area contributed by atoms with Crippen molar-refractivity contribution in [3.63, 3.8) is 0 Å². The van der Waals surface area contributed by atoms with Crippen molar-refractivity contribution in [2.24, 2.45) is 11.8 Å². The summed E-state index contributed by atoms with van der Waals surface area (Å²) >= 11 is 0. The van der Waals surface area contributed by atoms with Gasteiger partial charge in [0.25, 0.3) is 0 Å². The highest BCUT2D eigenvalue weighted by Gasteiger charge is 2.60. The molecule has 0 bridgehead atoms. The van der Waals surface area contributed by atoms with Crippen LogP contribution in [0.25, 0.3) is 0 Å². The number of piperidine rings is 1. The number of nitrogens with two attached hydrogens (primary N) is 1. The fourth-order valence-electron chi connectivity index (χ4n) is 2.21. The number of likely N-dealkylation sites (tertiary alicyclic amines) is 1. The molecule has 2 fully saturated rings. The molecule has 0 aromatic heterocycles. The summed E-state index contributed by atoms with van der Waals surface area (Å²) < 4.78 is 0. The van der Waals surface area contributed by atoms with Crippen molar-refractivity contribution < 1.29 is 4.84 Å². The van der Waals surface area contributed by atoms with Crippen LogP contribution in [0.1, 0.15) is 12.8 Å². The monoisotopic (exact) mass is 142 g/mol. The van der Waals surface area contributed by atoms with Crippen LogP contribution in [0, 0.1) is 5.92 Å². The van der Waals surface area contributed by atoms with Crippen LogP contribution in [-0.2, 0) is 4.84 Å². The highest BCUT2D eigenvalue weighted by atomic mass is 16.6. The van der Waals surface area contributed by atoms with Crippen molar-refractivity contribution in [2.75, 3.05) is 20.2 Å². The number of fused-ring (bicyclic) bond motifs is 1. The second-order valence-electron chi connectivity index (χ2n) is 3.53. The van der Waals surface area contributed by atoms with Crippen LogP contribution >= 0.6 is 0 Å². The minimum Gasteiger partial charge on any atom is -0.303 e. The molecule has 2 N–H and O–H groups in total. The first-order chi connectivity index (χ1) is 4.79. The smallest absolute Gasteiger partial charge is 0.0865 e. The van der Waals surface area contributed by atoms with Gasteiger partial charge >= 0.3 is 0 Å². The summed E-state index contributed by atoms with van der Waals surface area (Å²) in [4.78, 5) is 7.08. The zero-order valence-corrected chi connectivity index (χ0v) is 6.34. The van der Waals surface area contributed by atoms with Gasteiger partial charge in [-0.2, -0.15) is 0 Å². The Morgan fingerprint density at radius 2 is 2.60 bits per heavy atom.